The van der Waals surface area contributed by atoms with Gasteiger partial charge in [-0.1, -0.05) is 18.2 Å². The number of H-pyrrole nitrogens is 1. The highest BCUT2D eigenvalue weighted by Gasteiger charge is 2.21. The molecular formula is C20H18N2O5. The number of nitrogens with one attached hydrogen (secondary N) is 2. The first kappa shape index (κ1) is 17.0. The van der Waals surface area contributed by atoms with Crippen molar-refractivity contribution in [3.8, 4) is 11.5 Å². The third kappa shape index (κ3) is 3.57. The minimum Gasteiger partial charge on any atom is -0.486 e. The van der Waals surface area contributed by atoms with Crippen molar-refractivity contribution in [1.82, 2.24) is 4.98 Å². The minimum atomic E-state index is -0.961. The minimum absolute atomic E-state index is 0.301. The molecule has 7 nitrogen and oxygen atoms in total. The van der Waals surface area contributed by atoms with Crippen LogP contribution in [0.2, 0.25) is 0 Å². The summed E-state index contributed by atoms with van der Waals surface area (Å²) in [4.78, 5) is 27.6. The van der Waals surface area contributed by atoms with Crippen molar-refractivity contribution in [3.63, 3.8) is 0 Å². The van der Waals surface area contributed by atoms with Crippen LogP contribution in [0.4, 0.5) is 5.69 Å². The Morgan fingerprint density at radius 3 is 2.67 bits per heavy atom. The van der Waals surface area contributed by atoms with E-state index in [1.54, 1.807) is 24.3 Å². The van der Waals surface area contributed by atoms with Crippen LogP contribution in [0.5, 0.6) is 11.5 Å². The molecule has 27 heavy (non-hydrogen) atoms. The van der Waals surface area contributed by atoms with Gasteiger partial charge >= 0.3 is 5.97 Å². The van der Waals surface area contributed by atoms with Crippen molar-refractivity contribution >= 4 is 28.5 Å². The summed E-state index contributed by atoms with van der Waals surface area (Å²) < 4.78 is 16.2. The maximum atomic E-state index is 12.3. The Kier molecular flexibility index (Phi) is 4.42. The molecule has 2 heterocycles. The predicted octanol–water partition coefficient (Wildman–Crippen LogP) is 3.12. The van der Waals surface area contributed by atoms with Crippen molar-refractivity contribution in [3.05, 3.63) is 54.2 Å². The zero-order valence-corrected chi connectivity index (χ0v) is 14.7. The fourth-order valence-corrected chi connectivity index (χ4v) is 2.83. The lowest BCUT2D eigenvalue weighted by molar-refractivity contribution is -0.123. The molecule has 1 atom stereocenters. The number of para-hydroxylation sites is 1. The van der Waals surface area contributed by atoms with E-state index in [2.05, 4.69) is 10.3 Å². The van der Waals surface area contributed by atoms with Crippen molar-refractivity contribution in [2.45, 2.75) is 13.0 Å². The lowest BCUT2D eigenvalue weighted by Crippen LogP contribution is -2.30. The van der Waals surface area contributed by atoms with Crippen molar-refractivity contribution in [2.24, 2.45) is 0 Å². The van der Waals surface area contributed by atoms with Gasteiger partial charge in [0.2, 0.25) is 0 Å². The standard InChI is InChI=1S/C20H18N2O5/c1-12(27-20(24)16-10-13-4-2-3-5-15(13)22-16)19(23)21-14-6-7-17-18(11-14)26-9-8-25-17/h2-7,10-12,22H,8-9H2,1H3,(H,21,23)/t12-/m0/s1. The number of aromatic nitrogens is 1. The van der Waals surface area contributed by atoms with Gasteiger partial charge in [0.15, 0.2) is 17.6 Å². The molecule has 4 rings (SSSR count). The highest BCUT2D eigenvalue weighted by molar-refractivity contribution is 5.99. The average molecular weight is 366 g/mol. The van der Waals surface area contributed by atoms with Crippen molar-refractivity contribution < 1.29 is 23.8 Å². The van der Waals surface area contributed by atoms with Gasteiger partial charge < -0.3 is 24.5 Å². The van der Waals surface area contributed by atoms with Gasteiger partial charge in [0.05, 0.1) is 0 Å². The molecule has 0 spiro atoms. The monoisotopic (exact) mass is 366 g/mol. The Labute approximate surface area is 155 Å². The molecule has 7 heteroatoms. The number of benzene rings is 2. The quantitative estimate of drug-likeness (QED) is 0.693. The fraction of sp³-hybridized carbons (Fsp3) is 0.200. The second-order valence-corrected chi connectivity index (χ2v) is 6.17. The van der Waals surface area contributed by atoms with Gasteiger partial charge in [-0.05, 0) is 31.2 Å². The molecular weight excluding hydrogens is 348 g/mol. The SMILES string of the molecule is C[C@H](OC(=O)c1cc2ccccc2[nH]1)C(=O)Nc1ccc2c(c1)OCCO2. The molecule has 138 valence electrons. The number of carbonyl (C=O) groups is 2. The summed E-state index contributed by atoms with van der Waals surface area (Å²) in [5, 5.41) is 3.61. The van der Waals surface area contributed by atoms with Crippen LogP contribution in [-0.4, -0.2) is 36.2 Å². The van der Waals surface area contributed by atoms with Gasteiger partial charge in [0.25, 0.3) is 5.91 Å². The zero-order chi connectivity index (χ0) is 18.8. The number of hydrogen-bond acceptors (Lipinski definition) is 5. The normalized spacial score (nSPS) is 13.8. The third-order valence-corrected chi connectivity index (χ3v) is 4.21. The predicted molar refractivity (Wildman–Crippen MR) is 99.2 cm³/mol. The third-order valence-electron chi connectivity index (χ3n) is 4.21. The van der Waals surface area contributed by atoms with E-state index in [1.807, 2.05) is 24.3 Å². The molecule has 0 aliphatic carbocycles. The maximum absolute atomic E-state index is 12.3. The molecule has 3 aromatic rings. The molecule has 2 aromatic carbocycles. The number of aromatic amines is 1. The summed E-state index contributed by atoms with van der Waals surface area (Å²) in [6.45, 7) is 2.48. The van der Waals surface area contributed by atoms with Crippen molar-refractivity contribution in [2.75, 3.05) is 18.5 Å². The Balaban J connectivity index is 1.40. The van der Waals surface area contributed by atoms with Crippen LogP contribution >= 0.6 is 0 Å². The van der Waals surface area contributed by atoms with Gasteiger partial charge in [-0.2, -0.15) is 0 Å². The van der Waals surface area contributed by atoms with E-state index in [0.717, 1.165) is 10.9 Å². The topological polar surface area (TPSA) is 89.7 Å². The second-order valence-electron chi connectivity index (χ2n) is 6.17. The molecule has 0 saturated carbocycles. The Bertz CT molecular complexity index is 978. The van der Waals surface area contributed by atoms with E-state index in [4.69, 9.17) is 14.2 Å². The van der Waals surface area contributed by atoms with Crippen LogP contribution in [0.15, 0.2) is 48.5 Å². The zero-order valence-electron chi connectivity index (χ0n) is 14.7. The number of ether oxygens (including phenoxy) is 3. The van der Waals surface area contributed by atoms with Crippen molar-refractivity contribution in [1.29, 1.82) is 0 Å². The molecule has 0 bridgehead atoms. The number of hydrogen-bond donors (Lipinski definition) is 2. The van der Waals surface area contributed by atoms with Gasteiger partial charge in [-0.3, -0.25) is 4.79 Å². The summed E-state index contributed by atoms with van der Waals surface area (Å²) >= 11 is 0. The smallest absolute Gasteiger partial charge is 0.355 e. The average Bonchev–Trinajstić information content (AvgIpc) is 3.12. The maximum Gasteiger partial charge on any atom is 0.355 e. The van der Waals surface area contributed by atoms with Crippen LogP contribution in [0.25, 0.3) is 10.9 Å². The fourth-order valence-electron chi connectivity index (χ4n) is 2.83. The summed E-state index contributed by atoms with van der Waals surface area (Å²) in [5.41, 5.74) is 1.67. The summed E-state index contributed by atoms with van der Waals surface area (Å²) in [6, 6.07) is 14.3. The number of amides is 1. The van der Waals surface area contributed by atoms with E-state index in [-0.39, 0.29) is 0 Å². The number of fused-ring (bicyclic) bond motifs is 2. The van der Waals surface area contributed by atoms with E-state index >= 15 is 0 Å². The summed E-state index contributed by atoms with van der Waals surface area (Å²) in [6.07, 6.45) is -0.961. The molecule has 0 unspecified atom stereocenters. The molecule has 1 amide bonds. The molecule has 0 fully saturated rings. The second kappa shape index (κ2) is 7.03. The van der Waals surface area contributed by atoms with Crippen LogP contribution in [0.3, 0.4) is 0 Å². The van der Waals surface area contributed by atoms with E-state index in [1.165, 1.54) is 6.92 Å². The van der Waals surface area contributed by atoms with Crippen LogP contribution in [-0.2, 0) is 9.53 Å². The Morgan fingerprint density at radius 2 is 1.85 bits per heavy atom. The van der Waals surface area contributed by atoms with Gasteiger partial charge in [0.1, 0.15) is 18.9 Å². The molecule has 1 aliphatic heterocycles. The lowest BCUT2D eigenvalue weighted by atomic mass is 10.2. The largest absolute Gasteiger partial charge is 0.486 e. The van der Waals surface area contributed by atoms with Gasteiger partial charge in [-0.25, -0.2) is 4.79 Å². The van der Waals surface area contributed by atoms with Crippen LogP contribution < -0.4 is 14.8 Å². The molecule has 2 N–H and O–H groups in total. The first-order chi connectivity index (χ1) is 13.1. The van der Waals surface area contributed by atoms with Crippen LogP contribution in [0.1, 0.15) is 17.4 Å². The number of carbonyl (C=O) groups excluding carboxylic acids is 2. The number of esters is 1. The molecule has 1 aromatic heterocycles. The van der Waals surface area contributed by atoms with E-state index in [0.29, 0.717) is 36.1 Å². The van der Waals surface area contributed by atoms with Crippen LogP contribution in [0, 0.1) is 0 Å². The number of anilines is 1. The lowest BCUT2D eigenvalue weighted by Gasteiger charge is -2.19. The highest BCUT2D eigenvalue weighted by Crippen LogP contribution is 2.32. The van der Waals surface area contributed by atoms with Gasteiger partial charge in [0, 0.05) is 22.7 Å². The van der Waals surface area contributed by atoms with E-state index in [9.17, 15) is 9.59 Å². The Hall–Kier alpha value is -3.48. The summed E-state index contributed by atoms with van der Waals surface area (Å²) in [7, 11) is 0. The Morgan fingerprint density at radius 1 is 1.07 bits per heavy atom. The summed E-state index contributed by atoms with van der Waals surface area (Å²) in [5.74, 6) is 0.187. The first-order valence-electron chi connectivity index (χ1n) is 8.59. The van der Waals surface area contributed by atoms with E-state index < -0.39 is 18.0 Å². The molecule has 0 saturated heterocycles. The molecule has 1 aliphatic rings. The first-order valence-corrected chi connectivity index (χ1v) is 8.59. The number of rotatable bonds is 4. The highest BCUT2D eigenvalue weighted by atomic mass is 16.6. The van der Waals surface area contributed by atoms with Gasteiger partial charge in [-0.15, -0.1) is 0 Å². The molecule has 0 radical (unpaired) electrons.